The molecule has 6 nitrogen and oxygen atoms in total. The summed E-state index contributed by atoms with van der Waals surface area (Å²) in [7, 11) is 0. The number of halogens is 5. The molecule has 4 rings (SSSR count). The van der Waals surface area contributed by atoms with Gasteiger partial charge in [-0.15, -0.1) is 0 Å². The zero-order chi connectivity index (χ0) is 26.0. The van der Waals surface area contributed by atoms with Crippen molar-refractivity contribution in [2.45, 2.75) is 19.1 Å². The number of rotatable bonds is 5. The van der Waals surface area contributed by atoms with Gasteiger partial charge in [-0.05, 0) is 66.6 Å². The number of ether oxygens (including phenoxy) is 1. The summed E-state index contributed by atoms with van der Waals surface area (Å²) in [4.78, 5) is 25.2. The van der Waals surface area contributed by atoms with Crippen molar-refractivity contribution in [3.63, 3.8) is 0 Å². The van der Waals surface area contributed by atoms with Gasteiger partial charge in [0.2, 0.25) is 0 Å². The van der Waals surface area contributed by atoms with E-state index in [9.17, 15) is 31.6 Å². The number of nitrogens with zero attached hydrogens (tertiary/aromatic N) is 1. The fourth-order valence-corrected chi connectivity index (χ4v) is 3.72. The van der Waals surface area contributed by atoms with Crippen molar-refractivity contribution in [2.75, 3.05) is 18.4 Å². The third-order valence-electron chi connectivity index (χ3n) is 5.53. The highest BCUT2D eigenvalue weighted by Gasteiger charge is 2.33. The second-order valence-corrected chi connectivity index (χ2v) is 8.11. The number of hydrogen-bond acceptors (Lipinski definition) is 4. The molecule has 1 heterocycles. The Morgan fingerprint density at radius 2 is 1.83 bits per heavy atom. The highest BCUT2D eigenvalue weighted by atomic mass is 19.4. The number of benzene rings is 3. The molecule has 2 amide bonds. The van der Waals surface area contributed by atoms with Crippen LogP contribution in [-0.2, 0) is 11.0 Å². The lowest BCUT2D eigenvalue weighted by Gasteiger charge is -2.27. The summed E-state index contributed by atoms with van der Waals surface area (Å²) in [5, 5.41) is 5.47. The molecular weight excluding hydrogens is 485 g/mol. The Balaban J connectivity index is 1.65. The van der Waals surface area contributed by atoms with Crippen molar-refractivity contribution in [1.29, 1.82) is 0 Å². The van der Waals surface area contributed by atoms with E-state index in [-0.39, 0.29) is 35.4 Å². The summed E-state index contributed by atoms with van der Waals surface area (Å²) in [5.74, 6) is -2.25. The topological polar surface area (TPSA) is 70.7 Å². The van der Waals surface area contributed by atoms with Gasteiger partial charge in [0.15, 0.2) is 0 Å². The lowest BCUT2D eigenvalue weighted by atomic mass is 10.0. The third-order valence-corrected chi connectivity index (χ3v) is 5.53. The van der Waals surface area contributed by atoms with E-state index in [1.165, 1.54) is 30.3 Å². The molecule has 11 heteroatoms. The van der Waals surface area contributed by atoms with Crippen molar-refractivity contribution in [3.05, 3.63) is 88.7 Å². The number of carbonyl (C=O) groups excluding carboxylic acids is 2. The van der Waals surface area contributed by atoms with Crippen LogP contribution in [0, 0.1) is 12.7 Å². The molecule has 0 spiro atoms. The average Bonchev–Trinajstić information content (AvgIpc) is 2.82. The quantitative estimate of drug-likeness (QED) is 0.352. The Kier molecular flexibility index (Phi) is 6.93. The number of hydrogen-bond donors (Lipinski definition) is 2. The van der Waals surface area contributed by atoms with E-state index in [2.05, 4.69) is 10.6 Å². The zero-order valence-corrected chi connectivity index (χ0v) is 18.8. The maximum absolute atomic E-state index is 13.7. The minimum atomic E-state index is -4.72. The number of anilines is 1. The Labute approximate surface area is 202 Å². The molecule has 3 aromatic carbocycles. The molecule has 1 atom stereocenters. The molecule has 1 aliphatic heterocycles. The monoisotopic (exact) mass is 505 g/mol. The minimum Gasteiger partial charge on any atom is -0.456 e. The van der Waals surface area contributed by atoms with Crippen LogP contribution < -0.4 is 15.4 Å². The Bertz CT molecular complexity index is 1310. The molecule has 0 aromatic heterocycles. The van der Waals surface area contributed by atoms with Gasteiger partial charge >= 0.3 is 6.18 Å². The van der Waals surface area contributed by atoms with Crippen molar-refractivity contribution in [3.8, 4) is 11.5 Å². The number of alkyl halides is 3. The molecule has 0 radical (unpaired) electrons. The predicted octanol–water partition coefficient (Wildman–Crippen LogP) is 5.55. The molecule has 36 heavy (non-hydrogen) atoms. The van der Waals surface area contributed by atoms with Crippen LogP contribution in [0.1, 0.15) is 33.1 Å². The van der Waals surface area contributed by atoms with E-state index in [4.69, 9.17) is 4.74 Å². The normalized spacial score (nSPS) is 16.1. The smallest absolute Gasteiger partial charge is 0.416 e. The highest BCUT2D eigenvalue weighted by molar-refractivity contribution is 6.06. The van der Waals surface area contributed by atoms with E-state index in [1.807, 2.05) is 0 Å². The van der Waals surface area contributed by atoms with Crippen LogP contribution in [0.2, 0.25) is 0 Å². The highest BCUT2D eigenvalue weighted by Crippen LogP contribution is 2.35. The van der Waals surface area contributed by atoms with Crippen molar-refractivity contribution >= 4 is 17.5 Å². The molecule has 0 bridgehead atoms. The van der Waals surface area contributed by atoms with Gasteiger partial charge < -0.3 is 15.4 Å². The second kappa shape index (κ2) is 9.94. The number of amides is 2. The van der Waals surface area contributed by atoms with E-state index in [1.54, 1.807) is 13.0 Å². The van der Waals surface area contributed by atoms with E-state index in [0.29, 0.717) is 17.2 Å². The molecule has 1 unspecified atom stereocenters. The Morgan fingerprint density at radius 1 is 1.08 bits per heavy atom. The Hall–Kier alpha value is -3.99. The second-order valence-electron chi connectivity index (χ2n) is 8.11. The summed E-state index contributed by atoms with van der Waals surface area (Å²) in [5.41, 5.74) is -0.571. The SMILES string of the molecule is Cc1cc(F)ccc1Oc1ccc(C(F)(F)F)cc1C(=O)Nc1cccc(C2NCCN(F)C2=O)c1. The fraction of sp³-hybridized carbons (Fsp3) is 0.200. The molecule has 0 saturated carbocycles. The van der Waals surface area contributed by atoms with E-state index < -0.39 is 41.0 Å². The first kappa shape index (κ1) is 25.1. The van der Waals surface area contributed by atoms with Crippen LogP contribution in [0.4, 0.5) is 27.7 Å². The maximum Gasteiger partial charge on any atom is 0.416 e. The van der Waals surface area contributed by atoms with Gasteiger partial charge in [-0.2, -0.15) is 18.3 Å². The minimum absolute atomic E-state index is 0.0934. The lowest BCUT2D eigenvalue weighted by molar-refractivity contribution is -0.152. The molecule has 1 fully saturated rings. The van der Waals surface area contributed by atoms with Crippen molar-refractivity contribution < 1.29 is 36.4 Å². The van der Waals surface area contributed by atoms with Crippen molar-refractivity contribution in [2.24, 2.45) is 0 Å². The molecule has 2 N–H and O–H groups in total. The first-order valence-electron chi connectivity index (χ1n) is 10.8. The van der Waals surface area contributed by atoms with Crippen molar-refractivity contribution in [1.82, 2.24) is 10.4 Å². The van der Waals surface area contributed by atoms with Crippen LogP contribution in [-0.4, -0.2) is 30.0 Å². The number of aryl methyl sites for hydroxylation is 1. The summed E-state index contributed by atoms with van der Waals surface area (Å²) in [6.45, 7) is 1.67. The maximum atomic E-state index is 13.7. The summed E-state index contributed by atoms with van der Waals surface area (Å²) in [6, 6.07) is 11.0. The molecule has 1 aliphatic rings. The van der Waals surface area contributed by atoms with Crippen LogP contribution in [0.25, 0.3) is 0 Å². The number of carbonyl (C=O) groups is 2. The van der Waals surface area contributed by atoms with Crippen LogP contribution >= 0.6 is 0 Å². The first-order chi connectivity index (χ1) is 17.0. The largest absolute Gasteiger partial charge is 0.456 e. The summed E-state index contributed by atoms with van der Waals surface area (Å²) >= 11 is 0. The van der Waals surface area contributed by atoms with Gasteiger partial charge in [-0.1, -0.05) is 16.6 Å². The third kappa shape index (κ3) is 5.46. The predicted molar refractivity (Wildman–Crippen MR) is 121 cm³/mol. The number of nitrogens with one attached hydrogen (secondary N) is 2. The van der Waals surface area contributed by atoms with Crippen LogP contribution in [0.5, 0.6) is 11.5 Å². The zero-order valence-electron chi connectivity index (χ0n) is 18.8. The first-order valence-corrected chi connectivity index (χ1v) is 10.8. The lowest BCUT2D eigenvalue weighted by Crippen LogP contribution is -2.46. The standard InChI is InChI=1S/C25H20F5N3O3/c1-14-11-17(26)6-8-20(14)36-21-7-5-16(25(27,28)29)13-19(21)23(34)32-18-4-2-3-15(12-18)22-24(35)33(30)10-9-31-22/h2-8,11-13,22,31H,9-10H2,1H3,(H,32,34). The molecule has 0 aliphatic carbocycles. The molecule has 3 aromatic rings. The molecular formula is C25H20F5N3O3. The van der Waals surface area contributed by atoms with E-state index in [0.717, 1.165) is 18.2 Å². The fourth-order valence-electron chi connectivity index (χ4n) is 3.72. The van der Waals surface area contributed by atoms with Crippen LogP contribution in [0.3, 0.4) is 0 Å². The van der Waals surface area contributed by atoms with Gasteiger partial charge in [-0.25, -0.2) is 4.39 Å². The summed E-state index contributed by atoms with van der Waals surface area (Å²) in [6.07, 6.45) is -4.72. The summed E-state index contributed by atoms with van der Waals surface area (Å²) < 4.78 is 72.9. The Morgan fingerprint density at radius 3 is 2.56 bits per heavy atom. The molecule has 1 saturated heterocycles. The van der Waals surface area contributed by atoms with E-state index >= 15 is 0 Å². The van der Waals surface area contributed by atoms with Crippen LogP contribution in [0.15, 0.2) is 60.7 Å². The molecule has 188 valence electrons. The van der Waals surface area contributed by atoms with Gasteiger partial charge in [0.25, 0.3) is 11.8 Å². The van der Waals surface area contributed by atoms with Gasteiger partial charge in [-0.3, -0.25) is 9.59 Å². The van der Waals surface area contributed by atoms with Gasteiger partial charge in [0.1, 0.15) is 23.4 Å². The number of piperazine rings is 1. The van der Waals surface area contributed by atoms with Gasteiger partial charge in [0, 0.05) is 12.2 Å². The average molecular weight is 505 g/mol. The van der Waals surface area contributed by atoms with Gasteiger partial charge in [0.05, 0.1) is 17.7 Å².